The second kappa shape index (κ2) is 5.24. The lowest BCUT2D eigenvalue weighted by molar-refractivity contribution is 0.0920. The van der Waals surface area contributed by atoms with Gasteiger partial charge in [-0.25, -0.2) is 0 Å². The van der Waals surface area contributed by atoms with Crippen molar-refractivity contribution in [1.29, 1.82) is 0 Å². The molecule has 0 unspecified atom stereocenters. The molecule has 0 aromatic carbocycles. The summed E-state index contributed by atoms with van der Waals surface area (Å²) < 4.78 is 0. The van der Waals surface area contributed by atoms with Gasteiger partial charge in [-0.3, -0.25) is 4.90 Å². The number of nitrogen functional groups attached to an aromatic ring is 2. The first kappa shape index (κ1) is 12.0. The second-order valence-corrected chi connectivity index (χ2v) is 4.25. The van der Waals surface area contributed by atoms with E-state index in [0.717, 1.165) is 12.8 Å². The quantitative estimate of drug-likeness (QED) is 0.626. The molecule has 1 aliphatic carbocycles. The lowest BCUT2D eigenvalue weighted by atomic mass is 9.91. The number of aromatic nitrogens is 3. The summed E-state index contributed by atoms with van der Waals surface area (Å²) in [5, 5.41) is 9.05. The van der Waals surface area contributed by atoms with E-state index in [2.05, 4.69) is 19.9 Å². The molecule has 17 heavy (non-hydrogen) atoms. The Balaban J connectivity index is 2.05. The summed E-state index contributed by atoms with van der Waals surface area (Å²) in [4.78, 5) is 14.0. The van der Waals surface area contributed by atoms with Gasteiger partial charge in [0.25, 0.3) is 0 Å². The number of nitrogens with two attached hydrogens (primary N) is 2. The zero-order valence-corrected chi connectivity index (χ0v) is 9.71. The minimum Gasteiger partial charge on any atom is -0.395 e. The van der Waals surface area contributed by atoms with Gasteiger partial charge in [0.1, 0.15) is 5.82 Å². The van der Waals surface area contributed by atoms with Crippen LogP contribution in [0.25, 0.3) is 0 Å². The van der Waals surface area contributed by atoms with Crippen molar-refractivity contribution in [2.24, 2.45) is 0 Å². The fourth-order valence-electron chi connectivity index (χ4n) is 1.98. The number of aliphatic hydroxyl groups is 1. The molecule has 0 saturated heterocycles. The van der Waals surface area contributed by atoms with Gasteiger partial charge in [-0.2, -0.15) is 15.0 Å². The molecular formula is C10H18N6O. The number of aliphatic hydroxyl groups excluding tert-OH is 1. The lowest BCUT2D eigenvalue weighted by Crippen LogP contribution is -2.41. The van der Waals surface area contributed by atoms with Gasteiger partial charge in [0.05, 0.1) is 13.2 Å². The van der Waals surface area contributed by atoms with E-state index in [9.17, 15) is 0 Å². The molecule has 0 amide bonds. The van der Waals surface area contributed by atoms with Crippen LogP contribution in [0.1, 0.15) is 25.1 Å². The van der Waals surface area contributed by atoms with Gasteiger partial charge >= 0.3 is 0 Å². The van der Waals surface area contributed by atoms with Crippen molar-refractivity contribution >= 4 is 11.9 Å². The van der Waals surface area contributed by atoms with Crippen LogP contribution in [0.5, 0.6) is 0 Å². The molecule has 0 atom stereocenters. The minimum atomic E-state index is 0.131. The van der Waals surface area contributed by atoms with Gasteiger partial charge in [-0.05, 0) is 12.8 Å². The predicted octanol–water partition coefficient (Wildman–Crippen LogP) is -0.617. The third-order valence-corrected chi connectivity index (χ3v) is 3.04. The van der Waals surface area contributed by atoms with E-state index in [0.29, 0.717) is 25.0 Å². The first-order valence-electron chi connectivity index (χ1n) is 5.80. The summed E-state index contributed by atoms with van der Waals surface area (Å²) >= 11 is 0. The molecule has 1 aliphatic rings. The van der Waals surface area contributed by atoms with Crippen molar-refractivity contribution in [3.8, 4) is 0 Å². The highest BCUT2D eigenvalue weighted by Gasteiger charge is 2.25. The van der Waals surface area contributed by atoms with Gasteiger partial charge in [-0.1, -0.05) is 6.42 Å². The van der Waals surface area contributed by atoms with Crippen LogP contribution in [0.3, 0.4) is 0 Å². The summed E-state index contributed by atoms with van der Waals surface area (Å²) in [7, 11) is 0. The van der Waals surface area contributed by atoms with E-state index in [1.54, 1.807) is 0 Å². The SMILES string of the molecule is Nc1nc(N)nc(CN(CCO)C2CCC2)n1. The molecule has 0 radical (unpaired) electrons. The standard InChI is InChI=1S/C10H18N6O/c11-9-13-8(14-10(12)15-9)6-16(4-5-17)7-2-1-3-7/h7,17H,1-6H2,(H4,11,12,13,14,15). The minimum absolute atomic E-state index is 0.131. The van der Waals surface area contributed by atoms with Crippen LogP contribution in [0.15, 0.2) is 0 Å². The highest BCUT2D eigenvalue weighted by Crippen LogP contribution is 2.25. The fourth-order valence-corrected chi connectivity index (χ4v) is 1.98. The van der Waals surface area contributed by atoms with Crippen LogP contribution in [-0.2, 0) is 6.54 Å². The Morgan fingerprint density at radius 3 is 2.29 bits per heavy atom. The Morgan fingerprint density at radius 2 is 1.82 bits per heavy atom. The second-order valence-electron chi connectivity index (χ2n) is 4.25. The number of hydrogen-bond donors (Lipinski definition) is 3. The Kier molecular flexibility index (Phi) is 3.70. The molecule has 0 bridgehead atoms. The Bertz CT molecular complexity index is 361. The van der Waals surface area contributed by atoms with Crippen molar-refractivity contribution in [3.63, 3.8) is 0 Å². The van der Waals surface area contributed by atoms with Crippen molar-refractivity contribution in [2.45, 2.75) is 31.8 Å². The highest BCUT2D eigenvalue weighted by atomic mass is 16.3. The fraction of sp³-hybridized carbons (Fsp3) is 0.700. The largest absolute Gasteiger partial charge is 0.395 e. The first-order chi connectivity index (χ1) is 8.19. The maximum Gasteiger partial charge on any atom is 0.225 e. The number of anilines is 2. The van der Waals surface area contributed by atoms with E-state index >= 15 is 0 Å². The van der Waals surface area contributed by atoms with E-state index < -0.39 is 0 Å². The topological polar surface area (TPSA) is 114 Å². The highest BCUT2D eigenvalue weighted by molar-refractivity contribution is 5.25. The number of rotatable bonds is 5. The molecule has 1 heterocycles. The van der Waals surface area contributed by atoms with E-state index in [4.69, 9.17) is 16.6 Å². The first-order valence-corrected chi connectivity index (χ1v) is 5.80. The molecular weight excluding hydrogens is 220 g/mol. The summed E-state index contributed by atoms with van der Waals surface area (Å²) in [5.74, 6) is 0.852. The molecule has 7 heteroatoms. The molecule has 1 fully saturated rings. The van der Waals surface area contributed by atoms with Crippen molar-refractivity contribution in [2.75, 3.05) is 24.6 Å². The molecule has 1 aromatic rings. The van der Waals surface area contributed by atoms with Gasteiger partial charge in [0.15, 0.2) is 0 Å². The van der Waals surface area contributed by atoms with Crippen LogP contribution < -0.4 is 11.5 Å². The molecule has 5 N–H and O–H groups in total. The Morgan fingerprint density at radius 1 is 1.18 bits per heavy atom. The Labute approximate surface area is 99.9 Å². The third kappa shape index (κ3) is 3.01. The van der Waals surface area contributed by atoms with Crippen molar-refractivity contribution < 1.29 is 5.11 Å². The van der Waals surface area contributed by atoms with Gasteiger partial charge in [0.2, 0.25) is 11.9 Å². The van der Waals surface area contributed by atoms with E-state index in [1.165, 1.54) is 6.42 Å². The molecule has 0 spiro atoms. The molecule has 0 aliphatic heterocycles. The summed E-state index contributed by atoms with van der Waals surface area (Å²) in [6, 6.07) is 0.515. The van der Waals surface area contributed by atoms with E-state index in [1.807, 2.05) is 0 Å². The van der Waals surface area contributed by atoms with Crippen molar-refractivity contribution in [3.05, 3.63) is 5.82 Å². The van der Waals surface area contributed by atoms with Crippen LogP contribution in [0.2, 0.25) is 0 Å². The smallest absolute Gasteiger partial charge is 0.225 e. The van der Waals surface area contributed by atoms with E-state index in [-0.39, 0.29) is 18.5 Å². The van der Waals surface area contributed by atoms with Gasteiger partial charge in [0, 0.05) is 12.6 Å². The summed E-state index contributed by atoms with van der Waals surface area (Å²) in [6.07, 6.45) is 3.57. The average Bonchev–Trinajstić information content (AvgIpc) is 2.13. The van der Waals surface area contributed by atoms with Crippen molar-refractivity contribution in [1.82, 2.24) is 19.9 Å². The molecule has 7 nitrogen and oxygen atoms in total. The van der Waals surface area contributed by atoms with Crippen LogP contribution in [0, 0.1) is 0 Å². The molecule has 1 aromatic heterocycles. The average molecular weight is 238 g/mol. The van der Waals surface area contributed by atoms with Crippen LogP contribution >= 0.6 is 0 Å². The zero-order valence-electron chi connectivity index (χ0n) is 9.71. The monoisotopic (exact) mass is 238 g/mol. The normalized spacial score (nSPS) is 16.1. The zero-order chi connectivity index (χ0) is 12.3. The number of hydrogen-bond acceptors (Lipinski definition) is 7. The number of nitrogens with zero attached hydrogens (tertiary/aromatic N) is 4. The Hall–Kier alpha value is -1.47. The maximum atomic E-state index is 9.05. The van der Waals surface area contributed by atoms with Crippen LogP contribution in [-0.4, -0.2) is 44.2 Å². The third-order valence-electron chi connectivity index (χ3n) is 3.04. The predicted molar refractivity (Wildman–Crippen MR) is 63.8 cm³/mol. The molecule has 1 saturated carbocycles. The maximum absolute atomic E-state index is 9.05. The van der Waals surface area contributed by atoms with Crippen LogP contribution in [0.4, 0.5) is 11.9 Å². The summed E-state index contributed by atoms with van der Waals surface area (Å²) in [6.45, 7) is 1.31. The molecule has 94 valence electrons. The van der Waals surface area contributed by atoms with Gasteiger partial charge < -0.3 is 16.6 Å². The summed E-state index contributed by atoms with van der Waals surface area (Å²) in [5.41, 5.74) is 11.0. The molecule has 2 rings (SSSR count). The van der Waals surface area contributed by atoms with Gasteiger partial charge in [-0.15, -0.1) is 0 Å². The lowest BCUT2D eigenvalue weighted by Gasteiger charge is -2.36.